The molecule has 0 bridgehead atoms. The van der Waals surface area contributed by atoms with Gasteiger partial charge in [0.15, 0.2) is 11.2 Å². The SMILES string of the molecule is CCOC(=O)Cc1csc(NC(=O)[C@H](C)Oc2cccc(C(C)(C)C)c2)n1. The fourth-order valence-electron chi connectivity index (χ4n) is 2.31. The van der Waals surface area contributed by atoms with E-state index in [0.29, 0.717) is 23.2 Å². The molecule has 0 saturated heterocycles. The van der Waals surface area contributed by atoms with E-state index in [1.807, 2.05) is 24.3 Å². The Morgan fingerprint density at radius 3 is 2.70 bits per heavy atom. The van der Waals surface area contributed by atoms with Crippen molar-refractivity contribution in [1.29, 1.82) is 0 Å². The van der Waals surface area contributed by atoms with Gasteiger partial charge < -0.3 is 9.47 Å². The van der Waals surface area contributed by atoms with Gasteiger partial charge in [0, 0.05) is 5.38 Å². The molecule has 6 nitrogen and oxygen atoms in total. The Morgan fingerprint density at radius 1 is 1.30 bits per heavy atom. The molecule has 0 unspecified atom stereocenters. The van der Waals surface area contributed by atoms with Gasteiger partial charge in [0.05, 0.1) is 18.7 Å². The summed E-state index contributed by atoms with van der Waals surface area (Å²) in [6, 6.07) is 7.74. The van der Waals surface area contributed by atoms with Crippen LogP contribution >= 0.6 is 11.3 Å². The molecule has 0 aliphatic carbocycles. The summed E-state index contributed by atoms with van der Waals surface area (Å²) in [4.78, 5) is 28.1. The Bertz CT molecular complexity index is 795. The third-order valence-electron chi connectivity index (χ3n) is 3.79. The first-order valence-corrected chi connectivity index (χ1v) is 9.75. The Hall–Kier alpha value is -2.41. The summed E-state index contributed by atoms with van der Waals surface area (Å²) in [5.74, 6) is 0.0107. The minimum atomic E-state index is -0.683. The van der Waals surface area contributed by atoms with Gasteiger partial charge in [0.1, 0.15) is 5.75 Å². The van der Waals surface area contributed by atoms with Crippen LogP contribution in [0.3, 0.4) is 0 Å². The zero-order valence-electron chi connectivity index (χ0n) is 16.4. The molecule has 146 valence electrons. The van der Waals surface area contributed by atoms with Crippen molar-refractivity contribution in [1.82, 2.24) is 4.98 Å². The number of carbonyl (C=O) groups is 2. The molecule has 0 radical (unpaired) electrons. The van der Waals surface area contributed by atoms with E-state index in [-0.39, 0.29) is 23.7 Å². The van der Waals surface area contributed by atoms with Crippen molar-refractivity contribution in [2.45, 2.75) is 52.6 Å². The van der Waals surface area contributed by atoms with Gasteiger partial charge >= 0.3 is 5.97 Å². The number of carbonyl (C=O) groups excluding carboxylic acids is 2. The summed E-state index contributed by atoms with van der Waals surface area (Å²) in [5.41, 5.74) is 1.71. The van der Waals surface area contributed by atoms with E-state index >= 15 is 0 Å². The van der Waals surface area contributed by atoms with Gasteiger partial charge in [-0.3, -0.25) is 14.9 Å². The second kappa shape index (κ2) is 8.99. The first-order chi connectivity index (χ1) is 12.7. The molecule has 0 aliphatic rings. The Kier molecular flexibility index (Phi) is 6.96. The highest BCUT2D eigenvalue weighted by Gasteiger charge is 2.19. The average molecular weight is 391 g/mol. The Labute approximate surface area is 163 Å². The summed E-state index contributed by atoms with van der Waals surface area (Å²) in [6.07, 6.45) is -0.594. The van der Waals surface area contributed by atoms with Crippen molar-refractivity contribution in [3.05, 3.63) is 40.9 Å². The lowest BCUT2D eigenvalue weighted by atomic mass is 9.87. The highest BCUT2D eigenvalue weighted by atomic mass is 32.1. The first-order valence-electron chi connectivity index (χ1n) is 8.87. The topological polar surface area (TPSA) is 77.5 Å². The van der Waals surface area contributed by atoms with E-state index in [9.17, 15) is 9.59 Å². The lowest BCUT2D eigenvalue weighted by Gasteiger charge is -2.21. The number of benzene rings is 1. The molecule has 27 heavy (non-hydrogen) atoms. The predicted octanol–water partition coefficient (Wildman–Crippen LogP) is 3.95. The first kappa shape index (κ1) is 20.9. The summed E-state index contributed by atoms with van der Waals surface area (Å²) in [6.45, 7) is 10.1. The monoisotopic (exact) mass is 390 g/mol. The van der Waals surface area contributed by atoms with Gasteiger partial charge in [-0.2, -0.15) is 0 Å². The number of nitrogens with one attached hydrogen (secondary N) is 1. The zero-order valence-corrected chi connectivity index (χ0v) is 17.2. The summed E-state index contributed by atoms with van der Waals surface area (Å²) >= 11 is 1.26. The van der Waals surface area contributed by atoms with Gasteiger partial charge in [-0.05, 0) is 37.0 Å². The minimum Gasteiger partial charge on any atom is -0.481 e. The van der Waals surface area contributed by atoms with Crippen LogP contribution in [0.4, 0.5) is 5.13 Å². The molecule has 1 atom stereocenters. The van der Waals surface area contributed by atoms with Crippen LogP contribution < -0.4 is 10.1 Å². The molecule has 1 N–H and O–H groups in total. The van der Waals surface area contributed by atoms with Crippen LogP contribution in [-0.4, -0.2) is 29.6 Å². The average Bonchev–Trinajstić information content (AvgIpc) is 3.01. The highest BCUT2D eigenvalue weighted by molar-refractivity contribution is 7.13. The van der Waals surface area contributed by atoms with Crippen LogP contribution in [0.2, 0.25) is 0 Å². The minimum absolute atomic E-state index is 0.00107. The number of aromatic nitrogens is 1. The van der Waals surface area contributed by atoms with E-state index in [2.05, 4.69) is 31.1 Å². The van der Waals surface area contributed by atoms with Gasteiger partial charge in [-0.1, -0.05) is 32.9 Å². The molecule has 1 heterocycles. The van der Waals surface area contributed by atoms with Crippen LogP contribution in [0.5, 0.6) is 5.75 Å². The molecule has 2 aromatic rings. The molecule has 0 saturated carbocycles. The molecular weight excluding hydrogens is 364 g/mol. The summed E-state index contributed by atoms with van der Waals surface area (Å²) < 4.78 is 10.7. The number of nitrogens with zero attached hydrogens (tertiary/aromatic N) is 1. The fraction of sp³-hybridized carbons (Fsp3) is 0.450. The molecule has 1 aromatic heterocycles. The fourth-order valence-corrected chi connectivity index (χ4v) is 3.02. The van der Waals surface area contributed by atoms with Crippen LogP contribution in [0, 0.1) is 0 Å². The number of amides is 1. The third-order valence-corrected chi connectivity index (χ3v) is 4.60. The Balaban J connectivity index is 1.94. The molecule has 2 rings (SSSR count). The van der Waals surface area contributed by atoms with Crippen molar-refractivity contribution in [3.63, 3.8) is 0 Å². The highest BCUT2D eigenvalue weighted by Crippen LogP contribution is 2.26. The molecule has 1 amide bonds. The van der Waals surface area contributed by atoms with Gasteiger partial charge in [0.2, 0.25) is 0 Å². The second-order valence-electron chi connectivity index (χ2n) is 7.15. The van der Waals surface area contributed by atoms with E-state index in [1.165, 1.54) is 11.3 Å². The van der Waals surface area contributed by atoms with Gasteiger partial charge in [-0.15, -0.1) is 11.3 Å². The number of ether oxygens (including phenoxy) is 2. The molecule has 0 aliphatic heterocycles. The third kappa shape index (κ3) is 6.36. The van der Waals surface area contributed by atoms with Gasteiger partial charge in [0.25, 0.3) is 5.91 Å². The van der Waals surface area contributed by atoms with E-state index in [4.69, 9.17) is 9.47 Å². The Morgan fingerprint density at radius 2 is 2.04 bits per heavy atom. The van der Waals surface area contributed by atoms with Gasteiger partial charge in [-0.25, -0.2) is 4.98 Å². The van der Waals surface area contributed by atoms with Crippen LogP contribution in [0.1, 0.15) is 45.9 Å². The van der Waals surface area contributed by atoms with Crippen molar-refractivity contribution >= 4 is 28.3 Å². The molecular formula is C20H26N2O4S. The smallest absolute Gasteiger partial charge is 0.311 e. The maximum atomic E-state index is 12.4. The van der Waals surface area contributed by atoms with Crippen molar-refractivity contribution in [3.8, 4) is 5.75 Å². The number of hydrogen-bond donors (Lipinski definition) is 1. The quantitative estimate of drug-likeness (QED) is 0.724. The number of hydrogen-bond acceptors (Lipinski definition) is 6. The van der Waals surface area contributed by atoms with Crippen LogP contribution in [0.15, 0.2) is 29.6 Å². The van der Waals surface area contributed by atoms with Crippen molar-refractivity contribution < 1.29 is 19.1 Å². The normalized spacial score (nSPS) is 12.3. The number of thiazole rings is 1. The zero-order chi connectivity index (χ0) is 20.0. The maximum Gasteiger partial charge on any atom is 0.311 e. The number of rotatable bonds is 7. The maximum absolute atomic E-state index is 12.4. The molecule has 7 heteroatoms. The lowest BCUT2D eigenvalue weighted by molar-refractivity contribution is -0.142. The van der Waals surface area contributed by atoms with Crippen LogP contribution in [0.25, 0.3) is 0 Å². The standard InChI is InChI=1S/C20H26N2O4S/c1-6-25-17(23)11-15-12-27-19(21-15)22-18(24)13(2)26-16-9-7-8-14(10-16)20(3,4)5/h7-10,12-13H,6,11H2,1-5H3,(H,21,22,24)/t13-/m0/s1. The summed E-state index contributed by atoms with van der Waals surface area (Å²) in [7, 11) is 0. The van der Waals surface area contributed by atoms with E-state index < -0.39 is 6.10 Å². The van der Waals surface area contributed by atoms with Crippen LogP contribution in [-0.2, 0) is 26.2 Å². The van der Waals surface area contributed by atoms with Crippen molar-refractivity contribution in [2.24, 2.45) is 0 Å². The number of anilines is 1. The lowest BCUT2D eigenvalue weighted by Crippen LogP contribution is -2.30. The van der Waals surface area contributed by atoms with E-state index in [0.717, 1.165) is 5.56 Å². The summed E-state index contributed by atoms with van der Waals surface area (Å²) in [5, 5.41) is 4.88. The predicted molar refractivity (Wildman–Crippen MR) is 106 cm³/mol. The van der Waals surface area contributed by atoms with E-state index in [1.54, 1.807) is 19.2 Å². The largest absolute Gasteiger partial charge is 0.481 e. The molecule has 0 spiro atoms. The number of esters is 1. The second-order valence-corrected chi connectivity index (χ2v) is 8.01. The molecule has 0 fully saturated rings. The molecule has 1 aromatic carbocycles. The van der Waals surface area contributed by atoms with Crippen molar-refractivity contribution in [2.75, 3.05) is 11.9 Å².